The first kappa shape index (κ1) is 13.5. The van der Waals surface area contributed by atoms with Crippen molar-refractivity contribution in [1.82, 2.24) is 10.6 Å². The summed E-state index contributed by atoms with van der Waals surface area (Å²) in [6, 6.07) is 7.60. The van der Waals surface area contributed by atoms with Crippen LogP contribution in [0, 0.1) is 5.92 Å². The fourth-order valence-corrected chi connectivity index (χ4v) is 3.11. The highest BCUT2D eigenvalue weighted by atomic mass is 16.5. The summed E-state index contributed by atoms with van der Waals surface area (Å²) in [5, 5.41) is 16.2. The van der Waals surface area contributed by atoms with Crippen LogP contribution in [0.3, 0.4) is 0 Å². The summed E-state index contributed by atoms with van der Waals surface area (Å²) in [5.74, 6) is -0.248. The van der Waals surface area contributed by atoms with Crippen LogP contribution in [0.25, 0.3) is 0 Å². The molecule has 1 aliphatic carbocycles. The normalized spacial score (nSPS) is 32.1. The van der Waals surface area contributed by atoms with Gasteiger partial charge in [-0.25, -0.2) is 0 Å². The predicted molar refractivity (Wildman–Crippen MR) is 74.2 cm³/mol. The van der Waals surface area contributed by atoms with Crippen LogP contribution in [0.1, 0.15) is 17.2 Å². The van der Waals surface area contributed by atoms with Gasteiger partial charge in [-0.15, -0.1) is 0 Å². The van der Waals surface area contributed by atoms with Gasteiger partial charge in [0.2, 0.25) is 5.91 Å². The number of likely N-dealkylation sites (N-methyl/N-ethyl adjacent to an activating group) is 1. The summed E-state index contributed by atoms with van der Waals surface area (Å²) in [7, 11) is 1.83. The van der Waals surface area contributed by atoms with Crippen molar-refractivity contribution >= 4 is 5.91 Å². The van der Waals surface area contributed by atoms with Crippen molar-refractivity contribution < 1.29 is 14.6 Å². The Bertz CT molecular complexity index is 506. The van der Waals surface area contributed by atoms with E-state index in [0.717, 1.165) is 11.1 Å². The van der Waals surface area contributed by atoms with Gasteiger partial charge in [-0.2, -0.15) is 0 Å². The minimum Gasteiger partial charge on any atom is -0.390 e. The van der Waals surface area contributed by atoms with Gasteiger partial charge >= 0.3 is 0 Å². The van der Waals surface area contributed by atoms with Crippen LogP contribution in [0.2, 0.25) is 0 Å². The maximum Gasteiger partial charge on any atom is 0.227 e. The lowest BCUT2D eigenvalue weighted by molar-refractivity contribution is -0.127. The predicted octanol–water partition coefficient (Wildman–Crippen LogP) is -0.00470. The van der Waals surface area contributed by atoms with Gasteiger partial charge < -0.3 is 20.5 Å². The lowest BCUT2D eigenvalue weighted by atomic mass is 10.0. The summed E-state index contributed by atoms with van der Waals surface area (Å²) in [6.07, 6.45) is 0.0456. The van der Waals surface area contributed by atoms with E-state index >= 15 is 0 Å². The van der Waals surface area contributed by atoms with Gasteiger partial charge in [-0.1, -0.05) is 24.3 Å². The molecule has 1 aromatic rings. The fourth-order valence-electron chi connectivity index (χ4n) is 3.11. The Kier molecular flexibility index (Phi) is 3.74. The van der Waals surface area contributed by atoms with E-state index in [1.54, 1.807) is 0 Å². The van der Waals surface area contributed by atoms with Crippen LogP contribution in [-0.2, 0) is 16.0 Å². The summed E-state index contributed by atoms with van der Waals surface area (Å²) in [4.78, 5) is 12.4. The largest absolute Gasteiger partial charge is 0.390 e. The van der Waals surface area contributed by atoms with Crippen molar-refractivity contribution in [2.45, 2.75) is 24.6 Å². The van der Waals surface area contributed by atoms with Crippen molar-refractivity contribution in [2.24, 2.45) is 5.92 Å². The van der Waals surface area contributed by atoms with Crippen molar-refractivity contribution in [1.29, 1.82) is 0 Å². The Morgan fingerprint density at radius 3 is 2.95 bits per heavy atom. The quantitative estimate of drug-likeness (QED) is 0.726. The molecule has 2 aliphatic rings. The molecule has 0 radical (unpaired) electrons. The number of carbonyl (C=O) groups is 1. The van der Waals surface area contributed by atoms with Gasteiger partial charge in [-0.05, 0) is 18.2 Å². The van der Waals surface area contributed by atoms with Crippen molar-refractivity contribution in [3.05, 3.63) is 35.4 Å². The second-order valence-electron chi connectivity index (χ2n) is 5.50. The molecule has 1 aromatic carbocycles. The highest BCUT2D eigenvalue weighted by Gasteiger charge is 2.37. The molecule has 20 heavy (non-hydrogen) atoms. The van der Waals surface area contributed by atoms with Crippen LogP contribution >= 0.6 is 0 Å². The molecule has 1 heterocycles. The first-order chi connectivity index (χ1) is 9.70. The Morgan fingerprint density at radius 1 is 1.35 bits per heavy atom. The smallest absolute Gasteiger partial charge is 0.227 e. The minimum absolute atomic E-state index is 0.0452. The van der Waals surface area contributed by atoms with E-state index in [-0.39, 0.29) is 23.9 Å². The highest BCUT2D eigenvalue weighted by Crippen LogP contribution is 2.31. The summed E-state index contributed by atoms with van der Waals surface area (Å²) in [6.45, 7) is 0.986. The average molecular weight is 276 g/mol. The molecule has 1 amide bonds. The molecule has 1 fully saturated rings. The highest BCUT2D eigenvalue weighted by molar-refractivity contribution is 5.80. The second kappa shape index (κ2) is 5.52. The first-order valence-corrected chi connectivity index (χ1v) is 7.02. The maximum absolute atomic E-state index is 12.4. The number of benzene rings is 1. The van der Waals surface area contributed by atoms with Crippen LogP contribution in [0.5, 0.6) is 0 Å². The lowest BCUT2D eigenvalue weighted by Crippen LogP contribution is -2.45. The van der Waals surface area contributed by atoms with E-state index in [9.17, 15) is 9.90 Å². The number of aliphatic hydroxyl groups excluding tert-OH is 1. The number of rotatable bonds is 3. The third-order valence-corrected chi connectivity index (χ3v) is 4.29. The SMILES string of the molecule is CNC1COCC1C(=O)N[C@H]1c2ccccc2C[C@H]1O. The van der Waals surface area contributed by atoms with Crippen molar-refractivity contribution in [3.8, 4) is 0 Å². The molecule has 1 saturated heterocycles. The standard InChI is InChI=1S/C15H20N2O3/c1-16-12-8-20-7-11(12)15(19)17-14-10-5-3-2-4-9(10)6-13(14)18/h2-5,11-14,16,18H,6-8H2,1H3,(H,17,19)/t11?,12?,13-,14+/m1/s1. The molecule has 0 spiro atoms. The van der Waals surface area contributed by atoms with Gasteiger partial charge in [0.25, 0.3) is 0 Å². The van der Waals surface area contributed by atoms with E-state index in [2.05, 4.69) is 10.6 Å². The Balaban J connectivity index is 1.73. The molecule has 3 N–H and O–H groups in total. The number of carbonyl (C=O) groups excluding carboxylic acids is 1. The van der Waals surface area contributed by atoms with Crippen LogP contribution in [0.15, 0.2) is 24.3 Å². The number of fused-ring (bicyclic) bond motifs is 1. The molecule has 0 bridgehead atoms. The van der Waals surface area contributed by atoms with Crippen molar-refractivity contribution in [2.75, 3.05) is 20.3 Å². The number of hydrogen-bond acceptors (Lipinski definition) is 4. The Labute approximate surface area is 118 Å². The number of nitrogens with one attached hydrogen (secondary N) is 2. The number of hydrogen-bond donors (Lipinski definition) is 3. The summed E-state index contributed by atoms with van der Waals surface area (Å²) < 4.78 is 5.36. The van der Waals surface area contributed by atoms with E-state index in [1.165, 1.54) is 0 Å². The molecular weight excluding hydrogens is 256 g/mol. The van der Waals surface area contributed by atoms with Crippen LogP contribution in [-0.4, -0.2) is 43.4 Å². The zero-order chi connectivity index (χ0) is 14.1. The van der Waals surface area contributed by atoms with E-state index in [1.807, 2.05) is 31.3 Å². The van der Waals surface area contributed by atoms with Gasteiger partial charge in [0.15, 0.2) is 0 Å². The molecule has 2 unspecified atom stereocenters. The summed E-state index contributed by atoms with van der Waals surface area (Å²) in [5.41, 5.74) is 2.13. The number of ether oxygens (including phenoxy) is 1. The molecule has 5 heteroatoms. The van der Waals surface area contributed by atoms with Gasteiger partial charge in [0.1, 0.15) is 0 Å². The monoisotopic (exact) mass is 276 g/mol. The zero-order valence-electron chi connectivity index (χ0n) is 11.5. The fraction of sp³-hybridized carbons (Fsp3) is 0.533. The van der Waals surface area contributed by atoms with Gasteiger partial charge in [0.05, 0.1) is 31.3 Å². The molecule has 1 aliphatic heterocycles. The molecule has 0 aromatic heterocycles. The first-order valence-electron chi connectivity index (χ1n) is 7.02. The van der Waals surface area contributed by atoms with Crippen LogP contribution < -0.4 is 10.6 Å². The Morgan fingerprint density at radius 2 is 2.15 bits per heavy atom. The van der Waals surface area contributed by atoms with Crippen molar-refractivity contribution in [3.63, 3.8) is 0 Å². The Hall–Kier alpha value is -1.43. The number of amides is 1. The molecular formula is C15H20N2O3. The van der Waals surface area contributed by atoms with Gasteiger partial charge in [-0.3, -0.25) is 4.79 Å². The second-order valence-corrected chi connectivity index (χ2v) is 5.50. The molecule has 5 nitrogen and oxygen atoms in total. The van der Waals surface area contributed by atoms with E-state index in [4.69, 9.17) is 4.74 Å². The molecule has 4 atom stereocenters. The third-order valence-electron chi connectivity index (χ3n) is 4.29. The third kappa shape index (κ3) is 2.32. The lowest BCUT2D eigenvalue weighted by Gasteiger charge is -2.22. The molecule has 108 valence electrons. The van der Waals surface area contributed by atoms with Crippen LogP contribution in [0.4, 0.5) is 0 Å². The van der Waals surface area contributed by atoms with Gasteiger partial charge in [0, 0.05) is 12.5 Å². The number of aliphatic hydroxyl groups is 1. The molecule has 0 saturated carbocycles. The zero-order valence-corrected chi connectivity index (χ0v) is 11.5. The van der Waals surface area contributed by atoms with E-state index < -0.39 is 6.10 Å². The maximum atomic E-state index is 12.4. The topological polar surface area (TPSA) is 70.6 Å². The summed E-state index contributed by atoms with van der Waals surface area (Å²) >= 11 is 0. The average Bonchev–Trinajstić information content (AvgIpc) is 3.04. The minimum atomic E-state index is -0.549. The van der Waals surface area contributed by atoms with E-state index in [0.29, 0.717) is 19.6 Å². The molecule has 3 rings (SSSR count).